The molecule has 1 fully saturated rings. The summed E-state index contributed by atoms with van der Waals surface area (Å²) < 4.78 is 16.3. The van der Waals surface area contributed by atoms with E-state index in [0.29, 0.717) is 5.92 Å². The quantitative estimate of drug-likeness (QED) is 0.435. The number of hydrogen-bond donors (Lipinski definition) is 0. The summed E-state index contributed by atoms with van der Waals surface area (Å²) in [5.74, 6) is 1.33. The summed E-state index contributed by atoms with van der Waals surface area (Å²) in [6.45, 7) is 2.77. The molecule has 1 saturated heterocycles. The molecule has 5 rings (SSSR count). The highest BCUT2D eigenvalue weighted by molar-refractivity contribution is 5.82. The van der Waals surface area contributed by atoms with Crippen molar-refractivity contribution in [2.75, 3.05) is 13.1 Å². The van der Waals surface area contributed by atoms with Crippen molar-refractivity contribution in [3.05, 3.63) is 90.0 Å². The lowest BCUT2D eigenvalue weighted by atomic mass is 9.89. The topological polar surface area (TPSA) is 21.1 Å². The van der Waals surface area contributed by atoms with Gasteiger partial charge in [0, 0.05) is 7.05 Å². The molecule has 4 heteroatoms. The van der Waals surface area contributed by atoms with Crippen molar-refractivity contribution in [1.29, 1.82) is 0 Å². The first-order chi connectivity index (χ1) is 14.7. The van der Waals surface area contributed by atoms with Crippen molar-refractivity contribution in [2.45, 2.75) is 25.3 Å². The van der Waals surface area contributed by atoms with Gasteiger partial charge in [-0.3, -0.25) is 4.90 Å². The van der Waals surface area contributed by atoms with Crippen LogP contribution in [0.5, 0.6) is 0 Å². The van der Waals surface area contributed by atoms with E-state index in [1.807, 2.05) is 18.2 Å². The Balaban J connectivity index is 1.31. The van der Waals surface area contributed by atoms with Gasteiger partial charge < -0.3 is 4.57 Å². The minimum Gasteiger partial charge on any atom is -0.330 e. The second-order valence-electron chi connectivity index (χ2n) is 8.23. The molecule has 1 aliphatic rings. The number of halogens is 1. The normalized spacial score (nSPS) is 15.7. The Labute approximate surface area is 176 Å². The van der Waals surface area contributed by atoms with Gasteiger partial charge >= 0.3 is 0 Å². The summed E-state index contributed by atoms with van der Waals surface area (Å²) in [4.78, 5) is 7.33. The van der Waals surface area contributed by atoms with Crippen molar-refractivity contribution in [3.63, 3.8) is 0 Å². The van der Waals surface area contributed by atoms with Gasteiger partial charge in [0.1, 0.15) is 11.6 Å². The number of hydrogen-bond acceptors (Lipinski definition) is 2. The minimum atomic E-state index is -0.0690. The monoisotopic (exact) mass is 399 g/mol. The standard InChI is InChI=1S/C26H26FN3/c1-29-25-17-21(19-7-3-2-4-8-19)11-12-24(25)28-26(29)18-30-15-13-20(14-16-30)22-9-5-6-10-23(22)27/h2-12,17,20H,13-16,18H2,1H3. The van der Waals surface area contributed by atoms with Crippen LogP contribution in [0.2, 0.25) is 0 Å². The van der Waals surface area contributed by atoms with Crippen LogP contribution >= 0.6 is 0 Å². The van der Waals surface area contributed by atoms with Crippen LogP contribution in [-0.2, 0) is 13.6 Å². The fourth-order valence-corrected chi connectivity index (χ4v) is 4.60. The zero-order chi connectivity index (χ0) is 20.5. The van der Waals surface area contributed by atoms with Crippen molar-refractivity contribution in [2.24, 2.45) is 7.05 Å². The molecule has 0 unspecified atom stereocenters. The molecule has 2 heterocycles. The number of imidazole rings is 1. The van der Waals surface area contributed by atoms with Crippen molar-refractivity contribution in [1.82, 2.24) is 14.5 Å². The lowest BCUT2D eigenvalue weighted by Crippen LogP contribution is -2.33. The molecule has 0 amide bonds. The summed E-state index contributed by atoms with van der Waals surface area (Å²) >= 11 is 0. The van der Waals surface area contributed by atoms with E-state index in [1.165, 1.54) is 11.1 Å². The third-order valence-electron chi connectivity index (χ3n) is 6.38. The minimum absolute atomic E-state index is 0.0690. The van der Waals surface area contributed by atoms with Crippen molar-refractivity contribution < 1.29 is 4.39 Å². The van der Waals surface area contributed by atoms with Gasteiger partial charge in [0.25, 0.3) is 0 Å². The first-order valence-corrected chi connectivity index (χ1v) is 10.7. The summed E-state index contributed by atoms with van der Waals surface area (Å²) in [6.07, 6.45) is 1.98. The second kappa shape index (κ2) is 8.04. The Morgan fingerprint density at radius 1 is 0.900 bits per heavy atom. The van der Waals surface area contributed by atoms with Gasteiger partial charge in [0.05, 0.1) is 17.6 Å². The highest BCUT2D eigenvalue weighted by Gasteiger charge is 2.23. The maximum absolute atomic E-state index is 14.1. The Kier molecular flexibility index (Phi) is 5.09. The van der Waals surface area contributed by atoms with Gasteiger partial charge in [-0.25, -0.2) is 9.37 Å². The van der Waals surface area contributed by atoms with Crippen LogP contribution in [-0.4, -0.2) is 27.5 Å². The number of benzene rings is 3. The number of fused-ring (bicyclic) bond motifs is 1. The maximum atomic E-state index is 14.1. The average molecular weight is 400 g/mol. The number of aryl methyl sites for hydroxylation is 1. The summed E-state index contributed by atoms with van der Waals surface area (Å²) in [5.41, 5.74) is 5.50. The van der Waals surface area contributed by atoms with Gasteiger partial charge in [-0.1, -0.05) is 54.6 Å². The second-order valence-corrected chi connectivity index (χ2v) is 8.23. The molecule has 4 aromatic rings. The highest BCUT2D eigenvalue weighted by Crippen LogP contribution is 2.31. The molecule has 0 bridgehead atoms. The molecule has 0 saturated carbocycles. The molecule has 0 N–H and O–H groups in total. The molecule has 0 radical (unpaired) electrons. The zero-order valence-corrected chi connectivity index (χ0v) is 17.3. The Morgan fingerprint density at radius 2 is 1.63 bits per heavy atom. The fourth-order valence-electron chi connectivity index (χ4n) is 4.60. The molecule has 1 aliphatic heterocycles. The fraction of sp³-hybridized carbons (Fsp3) is 0.269. The molecule has 30 heavy (non-hydrogen) atoms. The molecule has 0 spiro atoms. The predicted octanol–water partition coefficient (Wildman–Crippen LogP) is 5.76. The molecule has 1 aromatic heterocycles. The van der Waals surface area contributed by atoms with E-state index in [4.69, 9.17) is 4.98 Å². The third kappa shape index (κ3) is 3.63. The van der Waals surface area contributed by atoms with Crippen LogP contribution in [0.1, 0.15) is 30.1 Å². The van der Waals surface area contributed by atoms with Gasteiger partial charge in [0.2, 0.25) is 0 Å². The van der Waals surface area contributed by atoms with Crippen LogP contribution in [0.4, 0.5) is 4.39 Å². The number of nitrogens with zero attached hydrogens (tertiary/aromatic N) is 3. The molecule has 3 aromatic carbocycles. The molecular weight excluding hydrogens is 373 g/mol. The smallest absolute Gasteiger partial charge is 0.126 e. The van der Waals surface area contributed by atoms with E-state index in [-0.39, 0.29) is 5.82 Å². The highest BCUT2D eigenvalue weighted by atomic mass is 19.1. The summed E-state index contributed by atoms with van der Waals surface area (Å²) in [5, 5.41) is 0. The molecular formula is C26H26FN3. The van der Waals surface area contributed by atoms with E-state index in [1.54, 1.807) is 12.1 Å². The maximum Gasteiger partial charge on any atom is 0.126 e. The molecule has 152 valence electrons. The first-order valence-electron chi connectivity index (χ1n) is 10.7. The van der Waals surface area contributed by atoms with E-state index in [2.05, 4.69) is 59.0 Å². The van der Waals surface area contributed by atoms with Crippen LogP contribution < -0.4 is 0 Å². The Bertz CT molecular complexity index is 1160. The van der Waals surface area contributed by atoms with E-state index in [0.717, 1.165) is 54.9 Å². The lowest BCUT2D eigenvalue weighted by Gasteiger charge is -2.32. The van der Waals surface area contributed by atoms with Crippen LogP contribution in [0.15, 0.2) is 72.8 Å². The summed E-state index contributed by atoms with van der Waals surface area (Å²) in [6, 6.07) is 24.2. The third-order valence-corrected chi connectivity index (χ3v) is 6.38. The van der Waals surface area contributed by atoms with Gasteiger partial charge in [-0.2, -0.15) is 0 Å². The van der Waals surface area contributed by atoms with E-state index in [9.17, 15) is 4.39 Å². The van der Waals surface area contributed by atoms with Gasteiger partial charge in [-0.15, -0.1) is 0 Å². The average Bonchev–Trinajstić information content (AvgIpc) is 3.10. The summed E-state index contributed by atoms with van der Waals surface area (Å²) in [7, 11) is 2.10. The van der Waals surface area contributed by atoms with Crippen LogP contribution in [0.25, 0.3) is 22.2 Å². The number of aromatic nitrogens is 2. The van der Waals surface area contributed by atoms with Crippen LogP contribution in [0, 0.1) is 5.82 Å². The SMILES string of the molecule is Cn1c(CN2CCC(c3ccccc3F)CC2)nc2ccc(-c3ccccc3)cc21. The largest absolute Gasteiger partial charge is 0.330 e. The van der Waals surface area contributed by atoms with Crippen molar-refractivity contribution >= 4 is 11.0 Å². The number of rotatable bonds is 4. The molecule has 3 nitrogen and oxygen atoms in total. The van der Waals surface area contributed by atoms with Crippen molar-refractivity contribution in [3.8, 4) is 11.1 Å². The van der Waals surface area contributed by atoms with Gasteiger partial charge in [0.15, 0.2) is 0 Å². The number of likely N-dealkylation sites (tertiary alicyclic amines) is 1. The van der Waals surface area contributed by atoms with Crippen LogP contribution in [0.3, 0.4) is 0 Å². The van der Waals surface area contributed by atoms with E-state index < -0.39 is 0 Å². The van der Waals surface area contributed by atoms with E-state index >= 15 is 0 Å². The Morgan fingerprint density at radius 3 is 2.40 bits per heavy atom. The van der Waals surface area contributed by atoms with Gasteiger partial charge in [-0.05, 0) is 66.7 Å². The first kappa shape index (κ1) is 19.0. The number of piperidine rings is 1. The predicted molar refractivity (Wildman–Crippen MR) is 120 cm³/mol. The molecule has 0 aliphatic carbocycles. The molecule has 0 atom stereocenters. The lowest BCUT2D eigenvalue weighted by molar-refractivity contribution is 0.197. The Hall–Kier alpha value is -2.98. The zero-order valence-electron chi connectivity index (χ0n) is 17.3.